The topological polar surface area (TPSA) is 97.3 Å². The van der Waals surface area contributed by atoms with Crippen molar-refractivity contribution in [2.45, 2.75) is 18.6 Å². The minimum Gasteiger partial charge on any atom is -0.460 e. The predicted octanol–water partition coefficient (Wildman–Crippen LogP) is 5.18. The van der Waals surface area contributed by atoms with Gasteiger partial charge in [0.05, 0.1) is 18.5 Å². The van der Waals surface area contributed by atoms with Crippen LogP contribution in [0.2, 0.25) is 0 Å². The third kappa shape index (κ3) is 5.47. The highest BCUT2D eigenvalue weighted by Gasteiger charge is 2.16. The second-order valence-corrected chi connectivity index (χ2v) is 8.92. The summed E-state index contributed by atoms with van der Waals surface area (Å²) in [5.41, 5.74) is 4.46. The van der Waals surface area contributed by atoms with Crippen LogP contribution in [0.1, 0.15) is 17.3 Å². The summed E-state index contributed by atoms with van der Waals surface area (Å²) in [6.45, 7) is 2.32. The maximum absolute atomic E-state index is 12.4. The summed E-state index contributed by atoms with van der Waals surface area (Å²) in [4.78, 5) is 12.4. The van der Waals surface area contributed by atoms with Gasteiger partial charge in [-0.3, -0.25) is 9.36 Å². The number of carbonyl (C=O) groups excluding carboxylic acids is 1. The molecule has 0 atom stereocenters. The Bertz CT molecular complexity index is 1500. The molecule has 0 radical (unpaired) electrons. The number of thioether (sulfide) groups is 1. The standard InChI is InChI=1S/C27H24N6O2S/c1-19-14-15-22(35-19)16-29-31-26(34)18-36-27-32-30-25(33(27)21-10-3-2-4-11-21)17-28-24-13-7-9-20-8-5-6-12-23(20)24/h2-16,28H,17-18H2,1H3,(H,31,34). The average Bonchev–Trinajstić information content (AvgIpc) is 3.52. The minimum atomic E-state index is -0.252. The molecule has 2 aromatic heterocycles. The first-order valence-corrected chi connectivity index (χ1v) is 12.4. The van der Waals surface area contributed by atoms with Crippen LogP contribution in [0.15, 0.2) is 99.6 Å². The van der Waals surface area contributed by atoms with Crippen LogP contribution in [-0.4, -0.2) is 32.6 Å². The molecule has 0 saturated carbocycles. The van der Waals surface area contributed by atoms with Crippen LogP contribution in [0.5, 0.6) is 0 Å². The van der Waals surface area contributed by atoms with Crippen molar-refractivity contribution < 1.29 is 9.21 Å². The van der Waals surface area contributed by atoms with Crippen molar-refractivity contribution in [1.82, 2.24) is 20.2 Å². The number of carbonyl (C=O) groups is 1. The quantitative estimate of drug-likeness (QED) is 0.166. The van der Waals surface area contributed by atoms with Crippen molar-refractivity contribution in [3.8, 4) is 5.69 Å². The largest absolute Gasteiger partial charge is 0.460 e. The fourth-order valence-electron chi connectivity index (χ4n) is 3.75. The first kappa shape index (κ1) is 23.4. The highest BCUT2D eigenvalue weighted by molar-refractivity contribution is 7.99. The summed E-state index contributed by atoms with van der Waals surface area (Å²) in [6.07, 6.45) is 1.47. The number of para-hydroxylation sites is 1. The number of anilines is 1. The van der Waals surface area contributed by atoms with Gasteiger partial charge < -0.3 is 9.73 Å². The Kier molecular flexibility index (Phi) is 7.09. The van der Waals surface area contributed by atoms with Gasteiger partial charge in [-0.2, -0.15) is 5.10 Å². The zero-order chi connectivity index (χ0) is 24.7. The lowest BCUT2D eigenvalue weighted by molar-refractivity contribution is -0.118. The van der Waals surface area contributed by atoms with Crippen molar-refractivity contribution in [3.05, 3.63) is 102 Å². The Morgan fingerprint density at radius 2 is 1.81 bits per heavy atom. The number of hydrogen-bond donors (Lipinski definition) is 2. The molecule has 0 saturated heterocycles. The van der Waals surface area contributed by atoms with Gasteiger partial charge in [0.1, 0.15) is 11.5 Å². The van der Waals surface area contributed by atoms with Crippen molar-refractivity contribution >= 4 is 40.3 Å². The zero-order valence-corrected chi connectivity index (χ0v) is 20.4. The second-order valence-electron chi connectivity index (χ2n) is 7.98. The minimum absolute atomic E-state index is 0.135. The Morgan fingerprint density at radius 1 is 1.00 bits per heavy atom. The van der Waals surface area contributed by atoms with E-state index in [4.69, 9.17) is 4.42 Å². The summed E-state index contributed by atoms with van der Waals surface area (Å²) in [5.74, 6) is 1.98. The van der Waals surface area contributed by atoms with Gasteiger partial charge in [-0.15, -0.1) is 10.2 Å². The molecule has 9 heteroatoms. The van der Waals surface area contributed by atoms with E-state index in [2.05, 4.69) is 50.3 Å². The van der Waals surface area contributed by atoms with Crippen LogP contribution in [0, 0.1) is 6.92 Å². The fourth-order valence-corrected chi connectivity index (χ4v) is 4.51. The number of fused-ring (bicyclic) bond motifs is 1. The lowest BCUT2D eigenvalue weighted by Crippen LogP contribution is -2.20. The molecule has 0 aliphatic heterocycles. The lowest BCUT2D eigenvalue weighted by atomic mass is 10.1. The molecule has 8 nitrogen and oxygen atoms in total. The molecular weight excluding hydrogens is 472 g/mol. The number of nitrogens with zero attached hydrogens (tertiary/aromatic N) is 4. The van der Waals surface area contributed by atoms with Crippen molar-refractivity contribution in [1.29, 1.82) is 0 Å². The van der Waals surface area contributed by atoms with Crippen LogP contribution >= 0.6 is 11.8 Å². The van der Waals surface area contributed by atoms with Gasteiger partial charge in [0, 0.05) is 16.8 Å². The number of benzene rings is 3. The molecule has 0 fully saturated rings. The Labute approximate surface area is 212 Å². The van der Waals surface area contributed by atoms with E-state index in [1.165, 1.54) is 23.4 Å². The molecule has 2 N–H and O–H groups in total. The predicted molar refractivity (Wildman–Crippen MR) is 143 cm³/mol. The van der Waals surface area contributed by atoms with E-state index in [0.29, 0.717) is 17.5 Å². The van der Waals surface area contributed by atoms with E-state index < -0.39 is 0 Å². The van der Waals surface area contributed by atoms with Crippen molar-refractivity contribution in [2.75, 3.05) is 11.1 Å². The van der Waals surface area contributed by atoms with Crippen LogP contribution in [0.4, 0.5) is 5.69 Å². The summed E-state index contributed by atoms with van der Waals surface area (Å²) in [7, 11) is 0. The van der Waals surface area contributed by atoms with Crippen LogP contribution in [0.25, 0.3) is 16.5 Å². The molecule has 5 aromatic rings. The lowest BCUT2D eigenvalue weighted by Gasteiger charge is -2.12. The summed E-state index contributed by atoms with van der Waals surface area (Å²) < 4.78 is 7.37. The van der Waals surface area contributed by atoms with Gasteiger partial charge in [0.15, 0.2) is 11.0 Å². The maximum Gasteiger partial charge on any atom is 0.250 e. The summed E-state index contributed by atoms with van der Waals surface area (Å²) in [6, 6.07) is 27.9. The summed E-state index contributed by atoms with van der Waals surface area (Å²) >= 11 is 1.30. The number of nitrogens with one attached hydrogen (secondary N) is 2. The zero-order valence-electron chi connectivity index (χ0n) is 19.6. The first-order chi connectivity index (χ1) is 17.7. The molecule has 0 spiro atoms. The highest BCUT2D eigenvalue weighted by Crippen LogP contribution is 2.25. The van der Waals surface area contributed by atoms with Crippen LogP contribution in [0.3, 0.4) is 0 Å². The van der Waals surface area contributed by atoms with Gasteiger partial charge >= 0.3 is 0 Å². The number of aryl methyl sites for hydroxylation is 1. The van der Waals surface area contributed by atoms with E-state index in [0.717, 1.165) is 28.3 Å². The monoisotopic (exact) mass is 496 g/mol. The van der Waals surface area contributed by atoms with Gasteiger partial charge in [-0.1, -0.05) is 66.4 Å². The van der Waals surface area contributed by atoms with Crippen molar-refractivity contribution in [3.63, 3.8) is 0 Å². The molecule has 5 rings (SSSR count). The van der Waals surface area contributed by atoms with Crippen LogP contribution < -0.4 is 10.7 Å². The van der Waals surface area contributed by atoms with Crippen molar-refractivity contribution in [2.24, 2.45) is 5.10 Å². The molecule has 180 valence electrons. The number of hydrazone groups is 1. The number of furan rings is 1. The molecule has 0 aliphatic carbocycles. The van der Waals surface area contributed by atoms with E-state index in [-0.39, 0.29) is 11.7 Å². The van der Waals surface area contributed by atoms with Gasteiger partial charge in [0.25, 0.3) is 5.91 Å². The molecule has 2 heterocycles. The maximum atomic E-state index is 12.4. The number of amides is 1. The second kappa shape index (κ2) is 10.9. The molecule has 3 aromatic carbocycles. The Morgan fingerprint density at radius 3 is 2.64 bits per heavy atom. The van der Waals surface area contributed by atoms with Gasteiger partial charge in [-0.05, 0) is 42.6 Å². The van der Waals surface area contributed by atoms with Gasteiger partial charge in [0.2, 0.25) is 0 Å². The fraction of sp³-hybridized carbons (Fsp3) is 0.111. The van der Waals surface area contributed by atoms with E-state index in [1.807, 2.05) is 66.1 Å². The number of hydrogen-bond acceptors (Lipinski definition) is 7. The van der Waals surface area contributed by atoms with E-state index in [1.54, 1.807) is 6.07 Å². The summed E-state index contributed by atoms with van der Waals surface area (Å²) in [5, 5.41) is 19.2. The molecule has 36 heavy (non-hydrogen) atoms. The van der Waals surface area contributed by atoms with Crippen LogP contribution in [-0.2, 0) is 11.3 Å². The highest BCUT2D eigenvalue weighted by atomic mass is 32.2. The number of aromatic nitrogens is 3. The van der Waals surface area contributed by atoms with Gasteiger partial charge in [-0.25, -0.2) is 5.43 Å². The Hall–Kier alpha value is -4.37. The third-order valence-electron chi connectivity index (χ3n) is 5.42. The molecule has 0 aliphatic rings. The average molecular weight is 497 g/mol. The third-order valence-corrected chi connectivity index (χ3v) is 6.34. The SMILES string of the molecule is Cc1ccc(C=NNC(=O)CSc2nnc(CNc3cccc4ccccc34)n2-c2ccccc2)o1. The molecule has 0 bridgehead atoms. The van der Waals surface area contributed by atoms with E-state index in [9.17, 15) is 4.79 Å². The smallest absolute Gasteiger partial charge is 0.250 e. The normalized spacial score (nSPS) is 11.2. The molecule has 0 unspecified atom stereocenters. The first-order valence-electron chi connectivity index (χ1n) is 11.4. The molecule has 1 amide bonds. The molecular formula is C27H24N6O2S. The Balaban J connectivity index is 1.30. The van der Waals surface area contributed by atoms with E-state index >= 15 is 0 Å². The number of rotatable bonds is 9.